The van der Waals surface area contributed by atoms with Gasteiger partial charge in [-0.15, -0.1) is 16.4 Å². The molecule has 4 aromatic rings. The van der Waals surface area contributed by atoms with Crippen LogP contribution in [0, 0.1) is 5.92 Å². The van der Waals surface area contributed by atoms with E-state index >= 15 is 0 Å². The van der Waals surface area contributed by atoms with Gasteiger partial charge in [0.15, 0.2) is 11.5 Å². The van der Waals surface area contributed by atoms with Crippen molar-refractivity contribution in [3.05, 3.63) is 64.9 Å². The molecule has 0 aliphatic rings. The molecule has 0 unspecified atom stereocenters. The maximum absolute atomic E-state index is 12.6. The lowest BCUT2D eigenvalue weighted by molar-refractivity contribution is -0.125. The van der Waals surface area contributed by atoms with Crippen molar-refractivity contribution in [2.45, 2.75) is 26.3 Å². The normalized spacial score (nSPS) is 13.2. The number of benzene rings is 1. The first kappa shape index (κ1) is 20.0. The number of carbonyl (C=O) groups excluding carboxylic acids is 1. The van der Waals surface area contributed by atoms with Gasteiger partial charge in [0.1, 0.15) is 12.1 Å². The fraction of sp³-hybridized carbons (Fsp3) is 0.273. The Morgan fingerprint density at radius 2 is 2.03 bits per heavy atom. The molecule has 0 aliphatic heterocycles. The van der Waals surface area contributed by atoms with Gasteiger partial charge in [-0.1, -0.05) is 13.0 Å². The second kappa shape index (κ2) is 8.62. The van der Waals surface area contributed by atoms with Gasteiger partial charge in [0.2, 0.25) is 5.91 Å². The Morgan fingerprint density at radius 3 is 2.73 bits per heavy atom. The van der Waals surface area contributed by atoms with E-state index in [0.717, 1.165) is 23.4 Å². The summed E-state index contributed by atoms with van der Waals surface area (Å²) in [5, 5.41) is 9.52. The standard InChI is InChI=1S/C22H23N5O2S/c1-14(11-18-5-4-10-30-18)22(28)24-15(2)21-25-20-12-19(23-13-27(20)26-21)16-6-8-17(29-3)9-7-16/h4-10,12-15H,11H2,1-3H3,(H,24,28)/t14-,15+/m1/s1. The zero-order chi connectivity index (χ0) is 21.1. The van der Waals surface area contributed by atoms with Gasteiger partial charge in [-0.2, -0.15) is 0 Å². The molecule has 0 saturated heterocycles. The Kier molecular flexibility index (Phi) is 5.76. The van der Waals surface area contributed by atoms with Crippen LogP contribution in [0.4, 0.5) is 0 Å². The second-order valence-electron chi connectivity index (χ2n) is 7.19. The summed E-state index contributed by atoms with van der Waals surface area (Å²) in [5.41, 5.74) is 2.44. The molecule has 7 nitrogen and oxygen atoms in total. The van der Waals surface area contributed by atoms with Crippen LogP contribution in [0.5, 0.6) is 5.75 Å². The molecule has 1 N–H and O–H groups in total. The van der Waals surface area contributed by atoms with E-state index < -0.39 is 0 Å². The number of hydrogen-bond acceptors (Lipinski definition) is 6. The van der Waals surface area contributed by atoms with Gasteiger partial charge in [0.25, 0.3) is 0 Å². The van der Waals surface area contributed by atoms with Gasteiger partial charge >= 0.3 is 0 Å². The molecular formula is C22H23N5O2S. The van der Waals surface area contributed by atoms with Crippen LogP contribution in [0.15, 0.2) is 54.2 Å². The highest BCUT2D eigenvalue weighted by atomic mass is 32.1. The van der Waals surface area contributed by atoms with Crippen molar-refractivity contribution in [2.75, 3.05) is 7.11 Å². The van der Waals surface area contributed by atoms with Gasteiger partial charge in [-0.05, 0) is 49.1 Å². The lowest BCUT2D eigenvalue weighted by Crippen LogP contribution is -2.32. The minimum absolute atomic E-state index is 0.00759. The van der Waals surface area contributed by atoms with Crippen molar-refractivity contribution < 1.29 is 9.53 Å². The molecule has 8 heteroatoms. The minimum Gasteiger partial charge on any atom is -0.497 e. The number of fused-ring (bicyclic) bond motifs is 1. The first-order valence-electron chi connectivity index (χ1n) is 9.73. The van der Waals surface area contributed by atoms with E-state index in [0.29, 0.717) is 11.5 Å². The zero-order valence-corrected chi connectivity index (χ0v) is 17.9. The average Bonchev–Trinajstić information content (AvgIpc) is 3.42. The largest absolute Gasteiger partial charge is 0.497 e. The summed E-state index contributed by atoms with van der Waals surface area (Å²) in [6, 6.07) is 13.3. The van der Waals surface area contributed by atoms with Gasteiger partial charge < -0.3 is 10.1 Å². The zero-order valence-electron chi connectivity index (χ0n) is 17.1. The van der Waals surface area contributed by atoms with Crippen LogP contribution in [0.3, 0.4) is 0 Å². The van der Waals surface area contributed by atoms with E-state index in [1.165, 1.54) is 4.88 Å². The van der Waals surface area contributed by atoms with E-state index in [-0.39, 0.29) is 17.9 Å². The quantitative estimate of drug-likeness (QED) is 0.489. The average molecular weight is 422 g/mol. The van der Waals surface area contributed by atoms with Crippen molar-refractivity contribution in [2.24, 2.45) is 5.92 Å². The molecule has 0 saturated carbocycles. The summed E-state index contributed by atoms with van der Waals surface area (Å²) >= 11 is 1.67. The van der Waals surface area contributed by atoms with Crippen LogP contribution in [0.2, 0.25) is 0 Å². The smallest absolute Gasteiger partial charge is 0.223 e. The van der Waals surface area contributed by atoms with Gasteiger partial charge in [-0.3, -0.25) is 4.79 Å². The van der Waals surface area contributed by atoms with Crippen molar-refractivity contribution >= 4 is 22.9 Å². The highest BCUT2D eigenvalue weighted by molar-refractivity contribution is 7.09. The number of thiophene rings is 1. The Hall–Kier alpha value is -3.26. The summed E-state index contributed by atoms with van der Waals surface area (Å²) < 4.78 is 6.83. The first-order valence-corrected chi connectivity index (χ1v) is 10.6. The number of amides is 1. The van der Waals surface area contributed by atoms with Crippen molar-refractivity contribution in [3.8, 4) is 17.0 Å². The molecule has 1 amide bonds. The number of methoxy groups -OCH3 is 1. The Bertz CT molecular complexity index is 1140. The van der Waals surface area contributed by atoms with Gasteiger partial charge in [0.05, 0.1) is 18.8 Å². The van der Waals surface area contributed by atoms with E-state index in [1.54, 1.807) is 29.3 Å². The van der Waals surface area contributed by atoms with Gasteiger partial charge in [0, 0.05) is 22.4 Å². The highest BCUT2D eigenvalue weighted by Gasteiger charge is 2.20. The Morgan fingerprint density at radius 1 is 1.23 bits per heavy atom. The van der Waals surface area contributed by atoms with Gasteiger partial charge in [-0.25, -0.2) is 14.5 Å². The first-order chi connectivity index (χ1) is 14.5. The molecule has 4 rings (SSSR count). The molecule has 0 aliphatic carbocycles. The SMILES string of the molecule is COc1ccc(-c2cc3nc([C@H](C)NC(=O)[C@H](C)Cc4cccs4)nn3cn2)cc1. The number of hydrogen-bond donors (Lipinski definition) is 1. The predicted molar refractivity (Wildman–Crippen MR) is 117 cm³/mol. The molecule has 2 atom stereocenters. The molecule has 3 aromatic heterocycles. The molecule has 0 spiro atoms. The van der Waals surface area contributed by atoms with E-state index in [1.807, 2.05) is 55.6 Å². The third-order valence-corrected chi connectivity index (χ3v) is 5.81. The van der Waals surface area contributed by atoms with E-state index in [9.17, 15) is 4.79 Å². The maximum atomic E-state index is 12.6. The number of carbonyl (C=O) groups is 1. The fourth-order valence-corrected chi connectivity index (χ4v) is 3.99. The van der Waals surface area contributed by atoms with Crippen LogP contribution in [-0.4, -0.2) is 32.6 Å². The van der Waals surface area contributed by atoms with Crippen molar-refractivity contribution in [1.82, 2.24) is 24.9 Å². The number of rotatable bonds is 7. The van der Waals surface area contributed by atoms with Crippen molar-refractivity contribution in [1.29, 1.82) is 0 Å². The fourth-order valence-electron chi connectivity index (χ4n) is 3.16. The molecule has 30 heavy (non-hydrogen) atoms. The summed E-state index contributed by atoms with van der Waals surface area (Å²) in [6.07, 6.45) is 2.36. The van der Waals surface area contributed by atoms with Crippen LogP contribution >= 0.6 is 11.3 Å². The Labute approximate surface area is 178 Å². The van der Waals surface area contributed by atoms with Crippen LogP contribution in [-0.2, 0) is 11.2 Å². The van der Waals surface area contributed by atoms with Crippen molar-refractivity contribution in [3.63, 3.8) is 0 Å². The number of ether oxygens (including phenoxy) is 1. The van der Waals surface area contributed by atoms with E-state index in [2.05, 4.69) is 26.4 Å². The third kappa shape index (κ3) is 4.33. The van der Waals surface area contributed by atoms with Crippen LogP contribution in [0.1, 0.15) is 30.6 Å². The molecule has 0 fully saturated rings. The summed E-state index contributed by atoms with van der Waals surface area (Å²) in [4.78, 5) is 22.8. The lowest BCUT2D eigenvalue weighted by atomic mass is 10.1. The molecule has 3 heterocycles. The Balaban J connectivity index is 1.47. The summed E-state index contributed by atoms with van der Waals surface area (Å²) in [7, 11) is 1.64. The number of nitrogens with zero attached hydrogens (tertiary/aromatic N) is 4. The molecule has 0 radical (unpaired) electrons. The van der Waals surface area contributed by atoms with Crippen LogP contribution < -0.4 is 10.1 Å². The summed E-state index contributed by atoms with van der Waals surface area (Å²) in [5.74, 6) is 1.22. The molecule has 1 aromatic carbocycles. The molecular weight excluding hydrogens is 398 g/mol. The number of nitrogens with one attached hydrogen (secondary N) is 1. The lowest BCUT2D eigenvalue weighted by Gasteiger charge is -2.14. The predicted octanol–water partition coefficient (Wildman–Crippen LogP) is 3.92. The maximum Gasteiger partial charge on any atom is 0.223 e. The van der Waals surface area contributed by atoms with Crippen LogP contribution in [0.25, 0.3) is 16.9 Å². The summed E-state index contributed by atoms with van der Waals surface area (Å²) in [6.45, 7) is 3.83. The highest BCUT2D eigenvalue weighted by Crippen LogP contribution is 2.22. The molecule has 154 valence electrons. The monoisotopic (exact) mass is 421 g/mol. The minimum atomic E-state index is -0.298. The van der Waals surface area contributed by atoms with E-state index in [4.69, 9.17) is 4.74 Å². The number of aromatic nitrogens is 4. The molecule has 0 bridgehead atoms. The third-order valence-electron chi connectivity index (χ3n) is 4.91. The topological polar surface area (TPSA) is 81.4 Å². The second-order valence-corrected chi connectivity index (χ2v) is 8.22.